The van der Waals surface area contributed by atoms with E-state index in [1.54, 1.807) is 0 Å². The second kappa shape index (κ2) is 7.04. The van der Waals surface area contributed by atoms with Crippen molar-refractivity contribution in [2.45, 2.75) is 31.2 Å². The second-order valence-corrected chi connectivity index (χ2v) is 8.27. The van der Waals surface area contributed by atoms with Crippen molar-refractivity contribution in [3.63, 3.8) is 0 Å². The van der Waals surface area contributed by atoms with Crippen molar-refractivity contribution < 1.29 is 26.7 Å². The zero-order valence-electron chi connectivity index (χ0n) is 13.2. The molecule has 11 heteroatoms. The Morgan fingerprint density at radius 2 is 2.12 bits per heavy atom. The monoisotopic (exact) mass is 393 g/mol. The van der Waals surface area contributed by atoms with E-state index in [4.69, 9.17) is 15.4 Å². The third-order valence-corrected chi connectivity index (χ3v) is 5.68. The maximum absolute atomic E-state index is 14.5. The SMILES string of the molecule is CC(=O)OC(Cn1cncn1)(c1ccc(F)cc1F)C(C)S(=O)(=O)Cl. The van der Waals surface area contributed by atoms with E-state index in [0.29, 0.717) is 6.07 Å². The number of carbonyl (C=O) groups is 1. The van der Waals surface area contributed by atoms with E-state index < -0.39 is 44.1 Å². The van der Waals surface area contributed by atoms with Crippen LogP contribution in [0.2, 0.25) is 0 Å². The van der Waals surface area contributed by atoms with Gasteiger partial charge >= 0.3 is 5.97 Å². The Morgan fingerprint density at radius 3 is 2.60 bits per heavy atom. The molecule has 2 atom stereocenters. The minimum atomic E-state index is -4.31. The fraction of sp³-hybridized carbons (Fsp3) is 0.357. The van der Waals surface area contributed by atoms with E-state index in [2.05, 4.69) is 10.1 Å². The second-order valence-electron chi connectivity index (χ2n) is 5.32. The van der Waals surface area contributed by atoms with Gasteiger partial charge in [-0.2, -0.15) is 5.10 Å². The van der Waals surface area contributed by atoms with Crippen LogP contribution in [0, 0.1) is 11.6 Å². The molecule has 2 unspecified atom stereocenters. The summed E-state index contributed by atoms with van der Waals surface area (Å²) < 4.78 is 58.1. The molecule has 25 heavy (non-hydrogen) atoms. The summed E-state index contributed by atoms with van der Waals surface area (Å²) in [7, 11) is 1.15. The van der Waals surface area contributed by atoms with E-state index >= 15 is 0 Å². The fourth-order valence-electron chi connectivity index (χ4n) is 2.47. The van der Waals surface area contributed by atoms with Gasteiger partial charge in [-0.05, 0) is 19.1 Å². The molecule has 0 aliphatic heterocycles. The summed E-state index contributed by atoms with van der Waals surface area (Å²) in [6, 6.07) is 2.48. The van der Waals surface area contributed by atoms with E-state index in [1.807, 2.05) is 0 Å². The van der Waals surface area contributed by atoms with Gasteiger partial charge in [0, 0.05) is 29.2 Å². The van der Waals surface area contributed by atoms with Crippen LogP contribution in [0.3, 0.4) is 0 Å². The molecule has 136 valence electrons. The van der Waals surface area contributed by atoms with Crippen LogP contribution >= 0.6 is 10.7 Å². The molecule has 2 rings (SSSR count). The zero-order valence-corrected chi connectivity index (χ0v) is 14.8. The summed E-state index contributed by atoms with van der Waals surface area (Å²) in [6.45, 7) is 1.79. The molecule has 0 aliphatic rings. The highest BCUT2D eigenvalue weighted by atomic mass is 35.7. The van der Waals surface area contributed by atoms with Crippen LogP contribution in [0.15, 0.2) is 30.9 Å². The summed E-state index contributed by atoms with van der Waals surface area (Å²) in [6.07, 6.45) is 2.40. The van der Waals surface area contributed by atoms with Gasteiger partial charge in [-0.3, -0.25) is 4.79 Å². The maximum atomic E-state index is 14.5. The molecular formula is C14H14ClF2N3O4S. The fourth-order valence-corrected chi connectivity index (χ4v) is 3.61. The Balaban J connectivity index is 2.75. The van der Waals surface area contributed by atoms with Crippen molar-refractivity contribution in [1.82, 2.24) is 14.8 Å². The van der Waals surface area contributed by atoms with Gasteiger partial charge in [0.15, 0.2) is 5.60 Å². The van der Waals surface area contributed by atoms with Crippen LogP contribution in [0.4, 0.5) is 8.78 Å². The van der Waals surface area contributed by atoms with E-state index in [0.717, 1.165) is 30.7 Å². The normalized spacial score (nSPS) is 15.4. The molecule has 0 saturated heterocycles. The molecule has 1 aromatic heterocycles. The standard InChI is InChI=1S/C14H14ClF2N3O4S/c1-9(25(15,22)23)14(24-10(2)21,6-20-8-18-7-19-20)12-4-3-11(16)5-13(12)17/h3-5,7-9H,6H2,1-2H3. The van der Waals surface area contributed by atoms with Crippen LogP contribution in [0.5, 0.6) is 0 Å². The molecule has 0 spiro atoms. The minimum absolute atomic E-state index is 0.351. The van der Waals surface area contributed by atoms with Crippen molar-refractivity contribution >= 4 is 25.7 Å². The van der Waals surface area contributed by atoms with Crippen molar-refractivity contribution in [2.24, 2.45) is 0 Å². The lowest BCUT2D eigenvalue weighted by atomic mass is 9.89. The highest BCUT2D eigenvalue weighted by Gasteiger charge is 2.49. The minimum Gasteiger partial charge on any atom is -0.451 e. The van der Waals surface area contributed by atoms with Crippen molar-refractivity contribution in [3.8, 4) is 0 Å². The molecule has 1 aromatic carbocycles. The van der Waals surface area contributed by atoms with Crippen LogP contribution in [0.1, 0.15) is 19.4 Å². The number of halogens is 3. The van der Waals surface area contributed by atoms with Gasteiger partial charge in [-0.25, -0.2) is 26.9 Å². The van der Waals surface area contributed by atoms with Gasteiger partial charge in [0.05, 0.1) is 6.54 Å². The smallest absolute Gasteiger partial charge is 0.303 e. The number of ether oxygens (including phenoxy) is 1. The molecule has 0 bridgehead atoms. The Bertz CT molecular complexity index is 876. The molecule has 0 aliphatic carbocycles. The quantitative estimate of drug-likeness (QED) is 0.550. The van der Waals surface area contributed by atoms with Crippen LogP contribution < -0.4 is 0 Å². The number of aromatic nitrogens is 3. The highest BCUT2D eigenvalue weighted by molar-refractivity contribution is 8.14. The summed E-state index contributed by atoms with van der Waals surface area (Å²) in [5.41, 5.74) is -2.44. The lowest BCUT2D eigenvalue weighted by Crippen LogP contribution is -2.48. The van der Waals surface area contributed by atoms with Crippen LogP contribution in [-0.2, 0) is 30.7 Å². The summed E-state index contributed by atoms with van der Waals surface area (Å²) >= 11 is 0. The number of rotatable bonds is 6. The maximum Gasteiger partial charge on any atom is 0.303 e. The molecular weight excluding hydrogens is 380 g/mol. The van der Waals surface area contributed by atoms with Crippen molar-refractivity contribution in [2.75, 3.05) is 0 Å². The molecule has 0 radical (unpaired) electrons. The third kappa shape index (κ3) is 4.13. The molecule has 2 aromatic rings. The predicted molar refractivity (Wildman–Crippen MR) is 84.1 cm³/mol. The number of carbonyl (C=O) groups excluding carboxylic acids is 1. The summed E-state index contributed by atoms with van der Waals surface area (Å²) in [4.78, 5) is 15.4. The Labute approximate surface area is 147 Å². The molecule has 0 amide bonds. The van der Waals surface area contributed by atoms with Crippen molar-refractivity contribution in [3.05, 3.63) is 48.1 Å². The Morgan fingerprint density at radius 1 is 1.44 bits per heavy atom. The summed E-state index contributed by atoms with van der Waals surface area (Å²) in [5.74, 6) is -2.84. The first-order chi connectivity index (χ1) is 11.6. The van der Waals surface area contributed by atoms with E-state index in [1.165, 1.54) is 12.7 Å². The van der Waals surface area contributed by atoms with Gasteiger partial charge < -0.3 is 4.74 Å². The lowest BCUT2D eigenvalue weighted by Gasteiger charge is -2.37. The number of nitrogens with zero attached hydrogens (tertiary/aromatic N) is 3. The topological polar surface area (TPSA) is 91.2 Å². The highest BCUT2D eigenvalue weighted by Crippen LogP contribution is 2.38. The van der Waals surface area contributed by atoms with Crippen LogP contribution in [0.25, 0.3) is 0 Å². The molecule has 1 heterocycles. The zero-order chi connectivity index (χ0) is 18.8. The molecule has 0 N–H and O–H groups in total. The molecule has 0 saturated carbocycles. The third-order valence-electron chi connectivity index (χ3n) is 3.66. The van der Waals surface area contributed by atoms with Gasteiger partial charge in [0.2, 0.25) is 9.05 Å². The summed E-state index contributed by atoms with van der Waals surface area (Å²) in [5, 5.41) is 2.25. The first-order valence-electron chi connectivity index (χ1n) is 6.97. The van der Waals surface area contributed by atoms with Gasteiger partial charge in [-0.1, -0.05) is 0 Å². The number of esters is 1. The molecule has 7 nitrogen and oxygen atoms in total. The first kappa shape index (κ1) is 19.3. The Hall–Kier alpha value is -2.07. The van der Waals surface area contributed by atoms with Gasteiger partial charge in [0.25, 0.3) is 0 Å². The lowest BCUT2D eigenvalue weighted by molar-refractivity contribution is -0.160. The van der Waals surface area contributed by atoms with Gasteiger partial charge in [-0.15, -0.1) is 0 Å². The van der Waals surface area contributed by atoms with E-state index in [9.17, 15) is 22.0 Å². The number of hydrogen-bond donors (Lipinski definition) is 0. The average Bonchev–Trinajstić information content (AvgIpc) is 2.97. The number of hydrogen-bond acceptors (Lipinski definition) is 6. The first-order valence-corrected chi connectivity index (χ1v) is 9.34. The van der Waals surface area contributed by atoms with E-state index in [-0.39, 0.29) is 5.56 Å². The number of benzene rings is 1. The molecule has 0 fully saturated rings. The van der Waals surface area contributed by atoms with Crippen molar-refractivity contribution in [1.29, 1.82) is 0 Å². The van der Waals surface area contributed by atoms with Crippen LogP contribution in [-0.4, -0.2) is 34.4 Å². The largest absolute Gasteiger partial charge is 0.451 e. The Kier molecular flexibility index (Phi) is 5.43. The predicted octanol–water partition coefficient (Wildman–Crippen LogP) is 1.97. The average molecular weight is 394 g/mol. The van der Waals surface area contributed by atoms with Gasteiger partial charge in [0.1, 0.15) is 29.5 Å².